The number of nitrogens with one attached hydrogen (secondary N) is 3. The second-order valence-electron chi connectivity index (χ2n) is 5.58. The number of carbonyl (C=O) groups excluding carboxylic acids is 1. The maximum atomic E-state index is 12.1. The van der Waals surface area contributed by atoms with Gasteiger partial charge in [-0.05, 0) is 36.8 Å². The van der Waals surface area contributed by atoms with Crippen LogP contribution in [-0.4, -0.2) is 25.8 Å². The second-order valence-corrected chi connectivity index (χ2v) is 6.02. The van der Waals surface area contributed by atoms with Crippen molar-refractivity contribution in [3.8, 4) is 0 Å². The average molecular weight is 400 g/mol. The van der Waals surface area contributed by atoms with Gasteiger partial charge in [0, 0.05) is 23.1 Å². The van der Waals surface area contributed by atoms with Crippen LogP contribution in [0, 0.1) is 17.0 Å². The largest absolute Gasteiger partial charge is 0.355 e. The Labute approximate surface area is 164 Å². The molecule has 11 heteroatoms. The Morgan fingerprint density at radius 2 is 2.00 bits per heavy atom. The van der Waals surface area contributed by atoms with E-state index in [9.17, 15) is 14.9 Å². The molecule has 0 radical (unpaired) electrons. The number of carbonyl (C=O) groups is 1. The Hall–Kier alpha value is -3.79. The fraction of sp³-hybridized carbons (Fsp3) is 0.0588. The van der Waals surface area contributed by atoms with Crippen molar-refractivity contribution in [2.24, 2.45) is 0 Å². The quantitative estimate of drug-likeness (QED) is 0.424. The van der Waals surface area contributed by atoms with Crippen molar-refractivity contribution >= 4 is 40.5 Å². The zero-order valence-electron chi connectivity index (χ0n) is 14.5. The molecule has 3 rings (SSSR count). The molecule has 142 valence electrons. The first-order chi connectivity index (χ1) is 13.5. The summed E-state index contributed by atoms with van der Waals surface area (Å²) < 4.78 is 0. The highest BCUT2D eigenvalue weighted by molar-refractivity contribution is 6.30. The van der Waals surface area contributed by atoms with Crippen molar-refractivity contribution in [3.63, 3.8) is 0 Å². The van der Waals surface area contributed by atoms with Crippen molar-refractivity contribution in [2.75, 3.05) is 10.7 Å². The number of nitrogens with zero attached hydrogens (tertiary/aromatic N) is 4. The van der Waals surface area contributed by atoms with Gasteiger partial charge in [0.15, 0.2) is 0 Å². The zero-order valence-corrected chi connectivity index (χ0v) is 15.3. The number of hydrazine groups is 1. The van der Waals surface area contributed by atoms with Crippen LogP contribution in [0.5, 0.6) is 0 Å². The minimum absolute atomic E-state index is 0.0523. The summed E-state index contributed by atoms with van der Waals surface area (Å²) in [6.45, 7) is 1.82. The van der Waals surface area contributed by atoms with Gasteiger partial charge in [-0.2, -0.15) is 0 Å². The van der Waals surface area contributed by atoms with E-state index in [2.05, 4.69) is 31.1 Å². The molecule has 0 saturated heterocycles. The van der Waals surface area contributed by atoms with Crippen LogP contribution < -0.4 is 16.2 Å². The molecule has 10 nitrogen and oxygen atoms in total. The van der Waals surface area contributed by atoms with E-state index in [4.69, 9.17) is 11.6 Å². The monoisotopic (exact) mass is 399 g/mol. The number of aryl methyl sites for hydroxylation is 1. The molecule has 0 aliphatic carbocycles. The van der Waals surface area contributed by atoms with Crippen molar-refractivity contribution in [3.05, 3.63) is 75.3 Å². The lowest BCUT2D eigenvalue weighted by Crippen LogP contribution is -2.30. The molecule has 1 aromatic carbocycles. The number of amides is 1. The van der Waals surface area contributed by atoms with E-state index in [1.54, 1.807) is 30.3 Å². The number of pyridine rings is 1. The Morgan fingerprint density at radius 3 is 2.71 bits per heavy atom. The Kier molecular flexibility index (Phi) is 5.61. The van der Waals surface area contributed by atoms with Gasteiger partial charge in [0.1, 0.15) is 6.33 Å². The molecule has 3 N–H and O–H groups in total. The zero-order chi connectivity index (χ0) is 20.1. The molecule has 1 amide bonds. The molecular formula is C17H14ClN7O3. The molecule has 3 aromatic rings. The number of aromatic nitrogens is 3. The number of hydrogen-bond acceptors (Lipinski definition) is 8. The lowest BCUT2D eigenvalue weighted by atomic mass is 10.2. The van der Waals surface area contributed by atoms with Gasteiger partial charge in [0.25, 0.3) is 5.91 Å². The molecular weight excluding hydrogens is 386 g/mol. The van der Waals surface area contributed by atoms with Gasteiger partial charge < -0.3 is 5.32 Å². The number of halogens is 1. The number of nitro groups is 1. The van der Waals surface area contributed by atoms with E-state index in [1.165, 1.54) is 12.4 Å². The third-order valence-corrected chi connectivity index (χ3v) is 3.91. The predicted octanol–water partition coefficient (Wildman–Crippen LogP) is 3.24. The van der Waals surface area contributed by atoms with E-state index in [0.717, 1.165) is 11.9 Å². The summed E-state index contributed by atoms with van der Waals surface area (Å²) in [4.78, 5) is 34.7. The summed E-state index contributed by atoms with van der Waals surface area (Å²) in [5, 5.41) is 14.9. The van der Waals surface area contributed by atoms with Crippen LogP contribution in [0.3, 0.4) is 0 Å². The van der Waals surface area contributed by atoms with Crippen LogP contribution >= 0.6 is 11.6 Å². The van der Waals surface area contributed by atoms with Gasteiger partial charge in [-0.3, -0.25) is 30.7 Å². The minimum atomic E-state index is -0.652. The van der Waals surface area contributed by atoms with Crippen molar-refractivity contribution in [1.82, 2.24) is 20.4 Å². The molecule has 0 spiro atoms. The van der Waals surface area contributed by atoms with Crippen LogP contribution in [0.1, 0.15) is 15.9 Å². The van der Waals surface area contributed by atoms with Gasteiger partial charge in [-0.25, -0.2) is 9.97 Å². The average Bonchev–Trinajstić information content (AvgIpc) is 2.69. The van der Waals surface area contributed by atoms with Crippen LogP contribution in [0.15, 0.2) is 49.1 Å². The van der Waals surface area contributed by atoms with E-state index in [1.807, 2.05) is 6.92 Å². The summed E-state index contributed by atoms with van der Waals surface area (Å²) in [5.41, 5.74) is 6.02. The van der Waals surface area contributed by atoms with Crippen molar-refractivity contribution in [2.45, 2.75) is 6.92 Å². The molecule has 0 atom stereocenters. The Morgan fingerprint density at radius 1 is 1.21 bits per heavy atom. The van der Waals surface area contributed by atoms with Gasteiger partial charge in [-0.1, -0.05) is 17.7 Å². The topological polar surface area (TPSA) is 135 Å². The highest BCUT2D eigenvalue weighted by Gasteiger charge is 2.24. The van der Waals surface area contributed by atoms with E-state index >= 15 is 0 Å². The maximum absolute atomic E-state index is 12.1. The summed E-state index contributed by atoms with van der Waals surface area (Å²) in [7, 11) is 0. The standard InChI is InChI=1S/C17H14ClN7O3/c1-10-4-5-12(18)7-13(10)22-15-14(25(27)28)16(21-9-20-15)23-24-17(26)11-3-2-6-19-8-11/h2-9H,1H3,(H,24,26)(H2,20,21,22,23). The third kappa shape index (κ3) is 4.30. The maximum Gasteiger partial charge on any atom is 0.355 e. The number of hydrogen-bond donors (Lipinski definition) is 3. The number of rotatable bonds is 6. The van der Waals surface area contributed by atoms with E-state index < -0.39 is 16.5 Å². The molecule has 0 aliphatic rings. The normalized spacial score (nSPS) is 10.2. The highest BCUT2D eigenvalue weighted by Crippen LogP contribution is 2.32. The molecule has 0 unspecified atom stereocenters. The molecule has 28 heavy (non-hydrogen) atoms. The second kappa shape index (κ2) is 8.27. The van der Waals surface area contributed by atoms with Crippen LogP contribution in [-0.2, 0) is 0 Å². The number of anilines is 3. The molecule has 0 bridgehead atoms. The summed E-state index contributed by atoms with van der Waals surface area (Å²) in [6.07, 6.45) is 4.02. The fourth-order valence-electron chi connectivity index (χ4n) is 2.28. The van der Waals surface area contributed by atoms with Crippen LogP contribution in [0.4, 0.5) is 23.0 Å². The van der Waals surface area contributed by atoms with Gasteiger partial charge >= 0.3 is 5.69 Å². The number of benzene rings is 1. The SMILES string of the molecule is Cc1ccc(Cl)cc1Nc1ncnc(NNC(=O)c2cccnc2)c1[N+](=O)[O-]. The highest BCUT2D eigenvalue weighted by atomic mass is 35.5. The molecule has 0 aliphatic heterocycles. The third-order valence-electron chi connectivity index (χ3n) is 3.68. The van der Waals surface area contributed by atoms with Gasteiger partial charge in [-0.15, -0.1) is 0 Å². The summed E-state index contributed by atoms with van der Waals surface area (Å²) in [5.74, 6) is -0.760. The van der Waals surface area contributed by atoms with Crippen LogP contribution in [0.2, 0.25) is 5.02 Å². The predicted molar refractivity (Wildman–Crippen MR) is 103 cm³/mol. The van der Waals surface area contributed by atoms with E-state index in [0.29, 0.717) is 10.7 Å². The first kappa shape index (κ1) is 19.0. The lowest BCUT2D eigenvalue weighted by molar-refractivity contribution is -0.383. The summed E-state index contributed by atoms with van der Waals surface area (Å²) in [6, 6.07) is 8.24. The lowest BCUT2D eigenvalue weighted by Gasteiger charge is -2.12. The van der Waals surface area contributed by atoms with Crippen molar-refractivity contribution in [1.29, 1.82) is 0 Å². The summed E-state index contributed by atoms with van der Waals surface area (Å²) >= 11 is 5.99. The fourth-order valence-corrected chi connectivity index (χ4v) is 2.45. The minimum Gasteiger partial charge on any atom is -0.334 e. The molecule has 2 aromatic heterocycles. The first-order valence-corrected chi connectivity index (χ1v) is 8.32. The van der Waals surface area contributed by atoms with Gasteiger partial charge in [0.05, 0.1) is 10.5 Å². The van der Waals surface area contributed by atoms with Crippen molar-refractivity contribution < 1.29 is 9.72 Å². The molecule has 0 saturated carbocycles. The molecule has 2 heterocycles. The smallest absolute Gasteiger partial charge is 0.334 e. The Bertz CT molecular complexity index is 1030. The molecule has 0 fully saturated rings. The van der Waals surface area contributed by atoms with Gasteiger partial charge in [0.2, 0.25) is 11.6 Å². The Balaban J connectivity index is 1.86. The van der Waals surface area contributed by atoms with Crippen LogP contribution in [0.25, 0.3) is 0 Å². The van der Waals surface area contributed by atoms with E-state index in [-0.39, 0.29) is 17.2 Å². The first-order valence-electron chi connectivity index (χ1n) is 7.94.